The summed E-state index contributed by atoms with van der Waals surface area (Å²) in [6.45, 7) is 2.35. The molecule has 0 aliphatic heterocycles. The van der Waals surface area contributed by atoms with Gasteiger partial charge in [-0.2, -0.15) is 0 Å². The van der Waals surface area contributed by atoms with Crippen LogP contribution in [0.3, 0.4) is 0 Å². The predicted molar refractivity (Wildman–Crippen MR) is 54.2 cm³/mol. The van der Waals surface area contributed by atoms with Crippen molar-refractivity contribution in [3.05, 3.63) is 47.5 Å². The summed E-state index contributed by atoms with van der Waals surface area (Å²) in [6, 6.07) is 9.55. The molecule has 13 heavy (non-hydrogen) atoms. The van der Waals surface area contributed by atoms with Gasteiger partial charge in [0, 0.05) is 6.54 Å². The van der Waals surface area contributed by atoms with Crippen molar-refractivity contribution in [3.8, 4) is 0 Å². The summed E-state index contributed by atoms with van der Waals surface area (Å²) in [5.41, 5.74) is 7.16. The first-order valence-corrected chi connectivity index (χ1v) is 4.35. The van der Waals surface area contributed by atoms with Gasteiger partial charge in [-0.25, -0.2) is 0 Å². The van der Waals surface area contributed by atoms with Gasteiger partial charge in [-0.3, -0.25) is 0 Å². The molecule has 2 heteroatoms. The van der Waals surface area contributed by atoms with E-state index in [1.54, 1.807) is 0 Å². The highest BCUT2D eigenvalue weighted by atomic mass is 16.3. The SMILES string of the molecule is C/C(=C\CN)C(O)c1ccccc1. The Kier molecular flexibility index (Phi) is 3.68. The average Bonchev–Trinajstić information content (AvgIpc) is 2.18. The van der Waals surface area contributed by atoms with Crippen molar-refractivity contribution in [2.75, 3.05) is 6.54 Å². The molecule has 0 heterocycles. The lowest BCUT2D eigenvalue weighted by Gasteiger charge is -2.10. The monoisotopic (exact) mass is 177 g/mol. The van der Waals surface area contributed by atoms with Crippen LogP contribution in [0, 0.1) is 0 Å². The Balaban J connectivity index is 2.79. The van der Waals surface area contributed by atoms with Crippen LogP contribution in [0.25, 0.3) is 0 Å². The number of benzene rings is 1. The fourth-order valence-electron chi connectivity index (χ4n) is 1.20. The van der Waals surface area contributed by atoms with Crippen molar-refractivity contribution in [3.63, 3.8) is 0 Å². The molecule has 0 spiro atoms. The minimum atomic E-state index is -0.523. The molecule has 0 fully saturated rings. The second-order valence-electron chi connectivity index (χ2n) is 3.00. The largest absolute Gasteiger partial charge is 0.384 e. The van der Waals surface area contributed by atoms with Crippen LogP contribution in [0.5, 0.6) is 0 Å². The van der Waals surface area contributed by atoms with Crippen LogP contribution in [0.2, 0.25) is 0 Å². The molecule has 0 aliphatic carbocycles. The first-order valence-electron chi connectivity index (χ1n) is 4.35. The molecule has 2 nitrogen and oxygen atoms in total. The fraction of sp³-hybridized carbons (Fsp3) is 0.273. The standard InChI is InChI=1S/C11H15NO/c1-9(7-8-12)11(13)10-5-3-2-4-6-10/h2-7,11,13H,8,12H2,1H3/b9-7+. The van der Waals surface area contributed by atoms with Gasteiger partial charge in [0.25, 0.3) is 0 Å². The van der Waals surface area contributed by atoms with Crippen molar-refractivity contribution in [2.45, 2.75) is 13.0 Å². The number of aliphatic hydroxyl groups is 1. The Morgan fingerprint density at radius 1 is 1.46 bits per heavy atom. The summed E-state index contributed by atoms with van der Waals surface area (Å²) in [5.74, 6) is 0. The molecule has 0 amide bonds. The van der Waals surface area contributed by atoms with Gasteiger partial charge in [0.1, 0.15) is 0 Å². The number of aliphatic hydroxyl groups excluding tert-OH is 1. The van der Waals surface area contributed by atoms with Gasteiger partial charge in [-0.1, -0.05) is 36.4 Å². The van der Waals surface area contributed by atoms with E-state index in [4.69, 9.17) is 5.73 Å². The Bertz CT molecular complexity index is 279. The first kappa shape index (κ1) is 9.96. The second kappa shape index (κ2) is 4.80. The molecule has 0 aliphatic rings. The van der Waals surface area contributed by atoms with E-state index >= 15 is 0 Å². The minimum absolute atomic E-state index is 0.468. The molecule has 1 rings (SSSR count). The first-order chi connectivity index (χ1) is 6.25. The molecule has 0 radical (unpaired) electrons. The van der Waals surface area contributed by atoms with Crippen LogP contribution in [-0.2, 0) is 0 Å². The van der Waals surface area contributed by atoms with Gasteiger partial charge in [-0.15, -0.1) is 0 Å². The van der Waals surface area contributed by atoms with Gasteiger partial charge in [0.15, 0.2) is 0 Å². The topological polar surface area (TPSA) is 46.2 Å². The molecule has 0 aromatic heterocycles. The highest BCUT2D eigenvalue weighted by Gasteiger charge is 2.07. The van der Waals surface area contributed by atoms with E-state index in [9.17, 15) is 5.11 Å². The Labute approximate surface area is 78.7 Å². The van der Waals surface area contributed by atoms with Crippen molar-refractivity contribution < 1.29 is 5.11 Å². The zero-order valence-corrected chi connectivity index (χ0v) is 7.77. The molecule has 0 saturated carbocycles. The molecular formula is C11H15NO. The van der Waals surface area contributed by atoms with Crippen molar-refractivity contribution in [2.24, 2.45) is 5.73 Å². The van der Waals surface area contributed by atoms with Gasteiger partial charge in [0.05, 0.1) is 6.10 Å². The summed E-state index contributed by atoms with van der Waals surface area (Å²) in [7, 11) is 0. The van der Waals surface area contributed by atoms with Crippen LogP contribution < -0.4 is 5.73 Å². The van der Waals surface area contributed by atoms with E-state index in [1.165, 1.54) is 0 Å². The Morgan fingerprint density at radius 2 is 2.08 bits per heavy atom. The summed E-state index contributed by atoms with van der Waals surface area (Å²) >= 11 is 0. The van der Waals surface area contributed by atoms with Gasteiger partial charge >= 0.3 is 0 Å². The fourth-order valence-corrected chi connectivity index (χ4v) is 1.20. The molecule has 1 aromatic carbocycles. The van der Waals surface area contributed by atoms with Crippen molar-refractivity contribution >= 4 is 0 Å². The molecule has 0 bridgehead atoms. The van der Waals surface area contributed by atoms with Crippen LogP contribution in [-0.4, -0.2) is 11.7 Å². The second-order valence-corrected chi connectivity index (χ2v) is 3.00. The maximum atomic E-state index is 9.80. The van der Waals surface area contributed by atoms with Gasteiger partial charge < -0.3 is 10.8 Å². The van der Waals surface area contributed by atoms with E-state index in [1.807, 2.05) is 43.3 Å². The number of nitrogens with two attached hydrogens (primary N) is 1. The van der Waals surface area contributed by atoms with E-state index in [2.05, 4.69) is 0 Å². The Hall–Kier alpha value is -1.12. The number of hydrogen-bond donors (Lipinski definition) is 2. The Morgan fingerprint density at radius 3 is 2.62 bits per heavy atom. The summed E-state index contributed by atoms with van der Waals surface area (Å²) in [6.07, 6.45) is 1.31. The zero-order chi connectivity index (χ0) is 9.68. The maximum Gasteiger partial charge on any atom is 0.0998 e. The molecule has 70 valence electrons. The summed E-state index contributed by atoms with van der Waals surface area (Å²) < 4.78 is 0. The van der Waals surface area contributed by atoms with E-state index in [0.29, 0.717) is 6.54 Å². The lowest BCUT2D eigenvalue weighted by Crippen LogP contribution is -2.02. The van der Waals surface area contributed by atoms with Crippen molar-refractivity contribution in [1.82, 2.24) is 0 Å². The van der Waals surface area contributed by atoms with Crippen molar-refractivity contribution in [1.29, 1.82) is 0 Å². The van der Waals surface area contributed by atoms with Crippen LogP contribution in [0.15, 0.2) is 42.0 Å². The van der Waals surface area contributed by atoms with E-state index < -0.39 is 6.10 Å². The molecule has 0 saturated heterocycles. The molecule has 3 N–H and O–H groups in total. The van der Waals surface area contributed by atoms with Crippen LogP contribution >= 0.6 is 0 Å². The molecule has 1 atom stereocenters. The predicted octanol–water partition coefficient (Wildman–Crippen LogP) is 1.62. The third-order valence-electron chi connectivity index (χ3n) is 1.99. The lowest BCUT2D eigenvalue weighted by atomic mass is 10.0. The van der Waals surface area contributed by atoms with Gasteiger partial charge in [0.2, 0.25) is 0 Å². The third-order valence-corrected chi connectivity index (χ3v) is 1.99. The summed E-state index contributed by atoms with van der Waals surface area (Å²) in [5, 5.41) is 9.80. The zero-order valence-electron chi connectivity index (χ0n) is 7.77. The summed E-state index contributed by atoms with van der Waals surface area (Å²) in [4.78, 5) is 0. The minimum Gasteiger partial charge on any atom is -0.384 e. The smallest absolute Gasteiger partial charge is 0.0998 e. The highest BCUT2D eigenvalue weighted by molar-refractivity contribution is 5.24. The number of rotatable bonds is 3. The highest BCUT2D eigenvalue weighted by Crippen LogP contribution is 2.19. The quantitative estimate of drug-likeness (QED) is 0.689. The normalized spacial score (nSPS) is 14.2. The van der Waals surface area contributed by atoms with Gasteiger partial charge in [-0.05, 0) is 18.1 Å². The lowest BCUT2D eigenvalue weighted by molar-refractivity contribution is 0.215. The molecule has 1 unspecified atom stereocenters. The third kappa shape index (κ3) is 2.68. The average molecular weight is 177 g/mol. The van der Waals surface area contributed by atoms with Crippen LogP contribution in [0.1, 0.15) is 18.6 Å². The van der Waals surface area contributed by atoms with Crippen LogP contribution in [0.4, 0.5) is 0 Å². The van der Waals surface area contributed by atoms with E-state index in [0.717, 1.165) is 11.1 Å². The molecular weight excluding hydrogens is 162 g/mol. The molecule has 1 aromatic rings. The maximum absolute atomic E-state index is 9.80. The van der Waals surface area contributed by atoms with E-state index in [-0.39, 0.29) is 0 Å². The number of hydrogen-bond acceptors (Lipinski definition) is 2.